The highest BCUT2D eigenvalue weighted by Gasteiger charge is 2.28. The van der Waals surface area contributed by atoms with Gasteiger partial charge in [-0.25, -0.2) is 17.8 Å². The minimum Gasteiger partial charge on any atom is -0.497 e. The quantitative estimate of drug-likeness (QED) is 0.567. The summed E-state index contributed by atoms with van der Waals surface area (Å²) in [6.07, 6.45) is 0. The molecule has 1 aliphatic rings. The number of hydrogen-bond donors (Lipinski definition) is 1. The van der Waals surface area contributed by atoms with Crippen molar-refractivity contribution in [2.24, 2.45) is 0 Å². The van der Waals surface area contributed by atoms with Gasteiger partial charge < -0.3 is 9.47 Å². The van der Waals surface area contributed by atoms with Crippen LogP contribution < -0.4 is 10.1 Å². The minimum atomic E-state index is -3.87. The molecular formula is C22H22FN3O5S2. The van der Waals surface area contributed by atoms with Crippen LogP contribution in [0.15, 0.2) is 47.4 Å². The predicted octanol–water partition coefficient (Wildman–Crippen LogP) is 3.54. The summed E-state index contributed by atoms with van der Waals surface area (Å²) in [4.78, 5) is 18.0. The molecule has 0 radical (unpaired) electrons. The van der Waals surface area contributed by atoms with Crippen molar-refractivity contribution in [3.8, 4) is 17.0 Å². The average molecular weight is 492 g/mol. The van der Waals surface area contributed by atoms with Crippen LogP contribution in [-0.2, 0) is 14.8 Å². The molecule has 0 bridgehead atoms. The number of hydrogen-bond acceptors (Lipinski definition) is 7. The maximum atomic E-state index is 14.5. The molecule has 0 atom stereocenters. The molecule has 8 nitrogen and oxygen atoms in total. The second-order valence-electron chi connectivity index (χ2n) is 7.26. The Balaban J connectivity index is 1.57. The van der Waals surface area contributed by atoms with E-state index < -0.39 is 21.7 Å². The lowest BCUT2D eigenvalue weighted by Gasteiger charge is -2.26. The zero-order chi connectivity index (χ0) is 23.6. The van der Waals surface area contributed by atoms with Gasteiger partial charge in [0.1, 0.15) is 11.6 Å². The Morgan fingerprint density at radius 1 is 1.18 bits per heavy atom. The molecule has 0 saturated carbocycles. The third-order valence-electron chi connectivity index (χ3n) is 5.17. The summed E-state index contributed by atoms with van der Waals surface area (Å²) in [6, 6.07) is 10.5. The zero-order valence-corrected chi connectivity index (χ0v) is 19.6. The molecule has 1 N–H and O–H groups in total. The summed E-state index contributed by atoms with van der Waals surface area (Å²) in [5.74, 6) is -0.888. The van der Waals surface area contributed by atoms with Crippen molar-refractivity contribution in [2.45, 2.75) is 11.8 Å². The lowest BCUT2D eigenvalue weighted by atomic mass is 10.1. The van der Waals surface area contributed by atoms with Crippen molar-refractivity contribution in [1.29, 1.82) is 0 Å². The van der Waals surface area contributed by atoms with Gasteiger partial charge in [-0.3, -0.25) is 10.1 Å². The van der Waals surface area contributed by atoms with Gasteiger partial charge in [-0.1, -0.05) is 0 Å². The van der Waals surface area contributed by atoms with Crippen LogP contribution in [0.5, 0.6) is 5.75 Å². The fourth-order valence-corrected chi connectivity index (χ4v) is 5.67. The molecule has 2 aromatic carbocycles. The predicted molar refractivity (Wildman–Crippen MR) is 123 cm³/mol. The van der Waals surface area contributed by atoms with Crippen LogP contribution in [0, 0.1) is 12.7 Å². The van der Waals surface area contributed by atoms with E-state index in [0.29, 0.717) is 11.4 Å². The maximum absolute atomic E-state index is 14.5. The van der Waals surface area contributed by atoms with Crippen molar-refractivity contribution in [2.75, 3.05) is 38.7 Å². The lowest BCUT2D eigenvalue weighted by molar-refractivity contribution is 0.0730. The van der Waals surface area contributed by atoms with Crippen LogP contribution in [-0.4, -0.2) is 57.0 Å². The van der Waals surface area contributed by atoms with Gasteiger partial charge in [-0.2, -0.15) is 4.31 Å². The number of aryl methyl sites for hydroxylation is 1. The van der Waals surface area contributed by atoms with E-state index in [9.17, 15) is 17.6 Å². The first kappa shape index (κ1) is 23.3. The summed E-state index contributed by atoms with van der Waals surface area (Å²) < 4.78 is 51.8. The van der Waals surface area contributed by atoms with Crippen molar-refractivity contribution in [1.82, 2.24) is 9.29 Å². The van der Waals surface area contributed by atoms with Gasteiger partial charge in [-0.15, -0.1) is 11.3 Å². The average Bonchev–Trinajstić information content (AvgIpc) is 3.19. The second kappa shape index (κ2) is 9.56. The van der Waals surface area contributed by atoms with Gasteiger partial charge in [0.15, 0.2) is 5.13 Å². The summed E-state index contributed by atoms with van der Waals surface area (Å²) in [5.41, 5.74) is 1.15. The standard InChI is InChI=1S/C22H22FN3O5S2/c1-14-20(15-3-5-16(30-2)6-4-15)24-22(32-14)25-21(27)18-13-17(7-8-19(18)23)33(28,29)26-9-11-31-12-10-26/h3-8,13H,9-12H2,1-2H3,(H,24,25,27). The number of nitrogens with one attached hydrogen (secondary N) is 1. The number of aromatic nitrogens is 1. The molecule has 33 heavy (non-hydrogen) atoms. The number of sulfonamides is 1. The van der Waals surface area contributed by atoms with Gasteiger partial charge in [-0.05, 0) is 49.4 Å². The van der Waals surface area contributed by atoms with Gasteiger partial charge >= 0.3 is 0 Å². The monoisotopic (exact) mass is 491 g/mol. The first-order valence-corrected chi connectivity index (χ1v) is 12.4. The van der Waals surface area contributed by atoms with Gasteiger partial charge in [0.05, 0.1) is 36.5 Å². The normalized spacial score (nSPS) is 14.8. The zero-order valence-electron chi connectivity index (χ0n) is 18.0. The number of halogens is 1. The number of amides is 1. The molecule has 1 saturated heterocycles. The number of morpholine rings is 1. The van der Waals surface area contributed by atoms with E-state index >= 15 is 0 Å². The Labute approximate surface area is 195 Å². The SMILES string of the molecule is COc1ccc(-c2nc(NC(=O)c3cc(S(=O)(=O)N4CCOCC4)ccc3F)sc2C)cc1. The second-order valence-corrected chi connectivity index (χ2v) is 10.4. The third-order valence-corrected chi connectivity index (χ3v) is 7.95. The number of benzene rings is 2. The molecule has 1 amide bonds. The van der Waals surface area contributed by atoms with Crippen LogP contribution >= 0.6 is 11.3 Å². The summed E-state index contributed by atoms with van der Waals surface area (Å²) in [5, 5.41) is 2.87. The summed E-state index contributed by atoms with van der Waals surface area (Å²) >= 11 is 1.24. The molecule has 0 aliphatic carbocycles. The number of ether oxygens (including phenoxy) is 2. The first-order valence-electron chi connectivity index (χ1n) is 10.1. The molecule has 4 rings (SSSR count). The van der Waals surface area contributed by atoms with E-state index in [4.69, 9.17) is 9.47 Å². The molecule has 11 heteroatoms. The molecule has 0 unspecified atom stereocenters. The van der Waals surface area contributed by atoms with Crippen LogP contribution in [0.3, 0.4) is 0 Å². The molecule has 2 heterocycles. The largest absolute Gasteiger partial charge is 0.497 e. The first-order chi connectivity index (χ1) is 15.8. The van der Waals surface area contributed by atoms with Crippen LogP contribution in [0.1, 0.15) is 15.2 Å². The van der Waals surface area contributed by atoms with Crippen molar-refractivity contribution >= 4 is 32.4 Å². The summed E-state index contributed by atoms with van der Waals surface area (Å²) in [6.45, 7) is 2.84. The highest BCUT2D eigenvalue weighted by atomic mass is 32.2. The fraction of sp³-hybridized carbons (Fsp3) is 0.273. The van der Waals surface area contributed by atoms with Gasteiger partial charge in [0.25, 0.3) is 5.91 Å². The molecule has 174 valence electrons. The molecule has 3 aromatic rings. The van der Waals surface area contributed by atoms with Gasteiger partial charge in [0, 0.05) is 23.5 Å². The van der Waals surface area contributed by atoms with Crippen molar-refractivity contribution in [3.63, 3.8) is 0 Å². The third kappa shape index (κ3) is 4.91. The lowest BCUT2D eigenvalue weighted by Crippen LogP contribution is -2.40. The van der Waals surface area contributed by atoms with E-state index in [0.717, 1.165) is 28.6 Å². The number of anilines is 1. The highest BCUT2D eigenvalue weighted by molar-refractivity contribution is 7.89. The molecule has 1 aromatic heterocycles. The van der Waals surface area contributed by atoms with E-state index in [-0.39, 0.29) is 41.9 Å². The van der Waals surface area contributed by atoms with E-state index in [1.165, 1.54) is 15.6 Å². The number of thiazole rings is 1. The highest BCUT2D eigenvalue weighted by Crippen LogP contribution is 2.32. The Morgan fingerprint density at radius 2 is 1.88 bits per heavy atom. The number of rotatable bonds is 6. The fourth-order valence-electron chi connectivity index (χ4n) is 3.41. The minimum absolute atomic E-state index is 0.148. The van der Waals surface area contributed by atoms with Crippen LogP contribution in [0.4, 0.5) is 9.52 Å². The smallest absolute Gasteiger partial charge is 0.260 e. The molecule has 0 spiro atoms. The van der Waals surface area contributed by atoms with Crippen LogP contribution in [0.25, 0.3) is 11.3 Å². The molecule has 1 fully saturated rings. The van der Waals surface area contributed by atoms with E-state index in [1.807, 2.05) is 31.2 Å². The van der Waals surface area contributed by atoms with Crippen molar-refractivity contribution in [3.05, 3.63) is 58.7 Å². The van der Waals surface area contributed by atoms with E-state index in [2.05, 4.69) is 10.3 Å². The Bertz CT molecular complexity index is 1270. The Kier molecular flexibility index (Phi) is 6.75. The Morgan fingerprint density at radius 3 is 2.55 bits per heavy atom. The summed E-state index contributed by atoms with van der Waals surface area (Å²) in [7, 11) is -2.29. The van der Waals surface area contributed by atoms with E-state index in [1.54, 1.807) is 7.11 Å². The number of methoxy groups -OCH3 is 1. The van der Waals surface area contributed by atoms with Crippen molar-refractivity contribution < 1.29 is 27.1 Å². The molecular weight excluding hydrogens is 469 g/mol. The number of nitrogens with zero attached hydrogens (tertiary/aromatic N) is 2. The number of carbonyl (C=O) groups is 1. The van der Waals surface area contributed by atoms with Gasteiger partial charge in [0.2, 0.25) is 10.0 Å². The molecule has 1 aliphatic heterocycles. The topological polar surface area (TPSA) is 97.8 Å². The Hall–Kier alpha value is -2.86. The van der Waals surface area contributed by atoms with Crippen LogP contribution in [0.2, 0.25) is 0 Å². The maximum Gasteiger partial charge on any atom is 0.260 e. The number of carbonyl (C=O) groups excluding carboxylic acids is 1.